The summed E-state index contributed by atoms with van der Waals surface area (Å²) in [4.78, 5) is 2.22. The van der Waals surface area contributed by atoms with Crippen molar-refractivity contribution >= 4 is 5.90 Å². The highest BCUT2D eigenvalue weighted by molar-refractivity contribution is 5.76. The third-order valence-electron chi connectivity index (χ3n) is 2.90. The van der Waals surface area contributed by atoms with Crippen molar-refractivity contribution < 1.29 is 14.8 Å². The van der Waals surface area contributed by atoms with Crippen LogP contribution in [0.2, 0.25) is 0 Å². The summed E-state index contributed by atoms with van der Waals surface area (Å²) < 4.78 is 0.449. The summed E-state index contributed by atoms with van der Waals surface area (Å²) >= 11 is 0. The van der Waals surface area contributed by atoms with Gasteiger partial charge in [0.25, 0.3) is 0 Å². The number of piperazine rings is 1. The Morgan fingerprint density at radius 1 is 1.54 bits per heavy atom. The largest absolute Gasteiger partial charge is 0.856 e. The summed E-state index contributed by atoms with van der Waals surface area (Å²) in [6.45, 7) is 4.07. The Balaban J connectivity index is 2.08. The molecule has 1 atom stereocenters. The Morgan fingerprint density at radius 3 is 2.62 bits per heavy atom. The molecule has 0 aromatic heterocycles. The zero-order valence-electron chi connectivity index (χ0n) is 7.81. The van der Waals surface area contributed by atoms with Crippen molar-refractivity contribution in [3.8, 4) is 0 Å². The first-order valence-electron chi connectivity index (χ1n) is 4.61. The molecule has 0 radical (unpaired) electrons. The van der Waals surface area contributed by atoms with E-state index in [-0.39, 0.29) is 5.90 Å². The van der Waals surface area contributed by atoms with E-state index in [4.69, 9.17) is 0 Å². The molecule has 5 heteroatoms. The minimum atomic E-state index is -0.858. The van der Waals surface area contributed by atoms with E-state index in [1.54, 1.807) is 0 Å². The van der Waals surface area contributed by atoms with Gasteiger partial charge in [0, 0.05) is 13.1 Å². The zero-order chi connectivity index (χ0) is 9.47. The van der Waals surface area contributed by atoms with Crippen LogP contribution >= 0.6 is 0 Å². The molecule has 0 aliphatic carbocycles. The average Bonchev–Trinajstić information content (AvgIpc) is 2.36. The molecule has 74 valence electrons. The van der Waals surface area contributed by atoms with E-state index in [1.165, 1.54) is 0 Å². The molecule has 1 spiro atoms. The average molecular weight is 185 g/mol. The van der Waals surface area contributed by atoms with Crippen LogP contribution in [0.15, 0.2) is 5.10 Å². The Morgan fingerprint density at radius 2 is 2.15 bits per heavy atom. The molecule has 2 rings (SSSR count). The molecule has 2 aliphatic rings. The van der Waals surface area contributed by atoms with Crippen LogP contribution < -0.4 is 5.11 Å². The third kappa shape index (κ3) is 1.54. The summed E-state index contributed by atoms with van der Waals surface area (Å²) in [5, 5.41) is 24.4. The van der Waals surface area contributed by atoms with Crippen LogP contribution in [0.25, 0.3) is 0 Å². The molecule has 13 heavy (non-hydrogen) atoms. The summed E-state index contributed by atoms with van der Waals surface area (Å²) in [6.07, 6.45) is -0.858. The molecule has 1 fully saturated rings. The number of likely N-dealkylation sites (N-methyl/N-ethyl adjacent to an activating group) is 1. The summed E-state index contributed by atoms with van der Waals surface area (Å²) in [5.41, 5.74) is 0. The first-order valence-corrected chi connectivity index (χ1v) is 4.61. The molecule has 2 aliphatic heterocycles. The van der Waals surface area contributed by atoms with Gasteiger partial charge in [0.05, 0.1) is 5.90 Å². The third-order valence-corrected chi connectivity index (χ3v) is 2.90. The molecule has 0 amide bonds. The molecule has 1 N–H and O–H groups in total. The van der Waals surface area contributed by atoms with Gasteiger partial charge < -0.3 is 10.2 Å². The lowest BCUT2D eigenvalue weighted by Crippen LogP contribution is -2.55. The van der Waals surface area contributed by atoms with Crippen LogP contribution in [0.3, 0.4) is 0 Å². The monoisotopic (exact) mass is 185 g/mol. The number of nitrogens with zero attached hydrogens (tertiary/aromatic N) is 3. The second kappa shape index (κ2) is 2.94. The van der Waals surface area contributed by atoms with Crippen LogP contribution in [-0.2, 0) is 0 Å². The smallest absolute Gasteiger partial charge is 0.138 e. The van der Waals surface area contributed by atoms with E-state index in [9.17, 15) is 10.2 Å². The van der Waals surface area contributed by atoms with Gasteiger partial charge in [0.15, 0.2) is 0 Å². The van der Waals surface area contributed by atoms with Crippen molar-refractivity contribution in [1.29, 1.82) is 0 Å². The van der Waals surface area contributed by atoms with E-state index < -0.39 is 6.10 Å². The van der Waals surface area contributed by atoms with E-state index in [1.807, 2.05) is 0 Å². The molecular formula is C8H15N3O2. The van der Waals surface area contributed by atoms with Gasteiger partial charge in [0.1, 0.15) is 25.7 Å². The molecule has 2 heterocycles. The lowest BCUT2D eigenvalue weighted by atomic mass is 10.3. The second-order valence-corrected chi connectivity index (χ2v) is 3.98. The molecule has 1 unspecified atom stereocenters. The topological polar surface area (TPSA) is 58.9 Å². The van der Waals surface area contributed by atoms with Crippen LogP contribution in [0, 0.1) is 0 Å². The SMILES string of the molecule is CN1CC[N+]2(CC1)CC(O)C([O-])=N2. The fraction of sp³-hybridized carbons (Fsp3) is 0.875. The van der Waals surface area contributed by atoms with Gasteiger partial charge in [-0.3, -0.25) is 4.90 Å². The van der Waals surface area contributed by atoms with E-state index in [2.05, 4.69) is 17.0 Å². The van der Waals surface area contributed by atoms with Gasteiger partial charge in [-0.2, -0.15) is 4.59 Å². The maximum absolute atomic E-state index is 11.1. The number of quaternary nitrogens is 1. The molecule has 0 aromatic rings. The predicted octanol–water partition coefficient (Wildman–Crippen LogP) is -2.20. The van der Waals surface area contributed by atoms with E-state index in [0.29, 0.717) is 11.1 Å². The minimum absolute atomic E-state index is 0.343. The van der Waals surface area contributed by atoms with Crippen molar-refractivity contribution in [3.63, 3.8) is 0 Å². The van der Waals surface area contributed by atoms with Gasteiger partial charge in [-0.1, -0.05) is 0 Å². The molecule has 0 aromatic carbocycles. The molecular weight excluding hydrogens is 170 g/mol. The van der Waals surface area contributed by atoms with Crippen molar-refractivity contribution in [2.45, 2.75) is 6.10 Å². The summed E-state index contributed by atoms with van der Waals surface area (Å²) in [5.74, 6) is -0.343. The van der Waals surface area contributed by atoms with Gasteiger partial charge in [-0.05, 0) is 7.05 Å². The van der Waals surface area contributed by atoms with Crippen molar-refractivity contribution in [3.05, 3.63) is 0 Å². The molecule has 5 nitrogen and oxygen atoms in total. The number of rotatable bonds is 0. The fourth-order valence-electron chi connectivity index (χ4n) is 1.94. The standard InChI is InChI=1S/C8H15N3O2/c1-10-2-4-11(5-3-10)6-7(12)8(13)9-11/h7,12H,2-6H2,1H3. The highest BCUT2D eigenvalue weighted by atomic mass is 16.3. The van der Waals surface area contributed by atoms with Gasteiger partial charge >= 0.3 is 0 Å². The van der Waals surface area contributed by atoms with Crippen molar-refractivity contribution in [2.24, 2.45) is 5.10 Å². The van der Waals surface area contributed by atoms with E-state index in [0.717, 1.165) is 26.2 Å². The normalized spacial score (nSPS) is 33.7. The van der Waals surface area contributed by atoms with Gasteiger partial charge in [-0.25, -0.2) is 0 Å². The highest BCUT2D eigenvalue weighted by Gasteiger charge is 2.39. The van der Waals surface area contributed by atoms with Crippen molar-refractivity contribution in [2.75, 3.05) is 39.8 Å². The van der Waals surface area contributed by atoms with Gasteiger partial charge in [-0.15, -0.1) is 5.10 Å². The van der Waals surface area contributed by atoms with Crippen LogP contribution in [0.1, 0.15) is 0 Å². The number of hydrogen-bond donors (Lipinski definition) is 1. The summed E-state index contributed by atoms with van der Waals surface area (Å²) in [7, 11) is 2.06. The maximum atomic E-state index is 11.1. The molecule has 1 saturated heterocycles. The number of hydrogen-bond acceptors (Lipinski definition) is 4. The van der Waals surface area contributed by atoms with Gasteiger partial charge in [0.2, 0.25) is 0 Å². The number of aliphatic hydroxyl groups excluding tert-OH is 1. The predicted molar refractivity (Wildman–Crippen MR) is 45.8 cm³/mol. The van der Waals surface area contributed by atoms with Crippen LogP contribution in [-0.4, -0.2) is 66.4 Å². The summed E-state index contributed by atoms with van der Waals surface area (Å²) in [6, 6.07) is 0. The van der Waals surface area contributed by atoms with Crippen LogP contribution in [0.4, 0.5) is 0 Å². The molecule has 0 bridgehead atoms. The van der Waals surface area contributed by atoms with E-state index >= 15 is 0 Å². The maximum Gasteiger partial charge on any atom is 0.138 e. The van der Waals surface area contributed by atoms with Crippen molar-refractivity contribution in [1.82, 2.24) is 4.90 Å². The first kappa shape index (κ1) is 8.93. The second-order valence-electron chi connectivity index (χ2n) is 3.98. The minimum Gasteiger partial charge on any atom is -0.856 e. The van der Waals surface area contributed by atoms with Crippen LogP contribution in [0.5, 0.6) is 0 Å². The lowest BCUT2D eigenvalue weighted by molar-refractivity contribution is -0.935. The Kier molecular flexibility index (Phi) is 2.02. The molecule has 0 saturated carbocycles. The fourth-order valence-corrected chi connectivity index (χ4v) is 1.94. The first-order chi connectivity index (χ1) is 6.11. The zero-order valence-corrected chi connectivity index (χ0v) is 7.81. The highest BCUT2D eigenvalue weighted by Crippen LogP contribution is 2.19. The Labute approximate surface area is 77.5 Å². The lowest BCUT2D eigenvalue weighted by Gasteiger charge is -2.36. The number of aliphatic hydroxyl groups is 1. The Bertz CT molecular complexity index is 234. The quantitative estimate of drug-likeness (QED) is 0.436. The Hall–Kier alpha value is -0.650.